The van der Waals surface area contributed by atoms with Crippen LogP contribution in [0.25, 0.3) is 0 Å². The molecule has 0 rings (SSSR count). The molecule has 2 unspecified atom stereocenters. The van der Waals surface area contributed by atoms with Gasteiger partial charge in [0.05, 0.1) is 0 Å². The summed E-state index contributed by atoms with van der Waals surface area (Å²) in [6, 6.07) is 0.264. The molecule has 4 nitrogen and oxygen atoms in total. The Morgan fingerprint density at radius 3 is 2.41 bits per heavy atom. The van der Waals surface area contributed by atoms with Crippen molar-refractivity contribution >= 4 is 5.97 Å². The molecule has 0 fully saturated rings. The maximum Gasteiger partial charge on any atom is 0.323 e. The lowest BCUT2D eigenvalue weighted by Crippen LogP contribution is -2.53. The molecule has 0 aliphatic heterocycles. The van der Waals surface area contributed by atoms with E-state index >= 15 is 0 Å². The van der Waals surface area contributed by atoms with Gasteiger partial charge < -0.3 is 15.3 Å². The molecule has 0 aliphatic carbocycles. The molecule has 0 amide bonds. The molecule has 17 heavy (non-hydrogen) atoms. The summed E-state index contributed by atoms with van der Waals surface area (Å²) in [6.07, 6.45) is 2.66. The predicted molar refractivity (Wildman–Crippen MR) is 71.3 cm³/mol. The molecule has 0 aromatic heterocycles. The van der Waals surface area contributed by atoms with Crippen molar-refractivity contribution in [3.05, 3.63) is 0 Å². The minimum absolute atomic E-state index is 0.264. The number of carboxylic acids is 1. The highest BCUT2D eigenvalue weighted by Gasteiger charge is 2.34. The molecule has 0 aliphatic rings. The molecule has 4 heteroatoms. The molecular formula is C13H28N2O2. The summed E-state index contributed by atoms with van der Waals surface area (Å²) >= 11 is 0. The van der Waals surface area contributed by atoms with Crippen LogP contribution in [0.15, 0.2) is 0 Å². The summed E-state index contributed by atoms with van der Waals surface area (Å²) in [5.41, 5.74) is -0.822. The monoisotopic (exact) mass is 244 g/mol. The SMILES string of the molecule is CCCNC(C)(CC(C)N(C)CCC)C(=O)O. The zero-order chi connectivity index (χ0) is 13.5. The Morgan fingerprint density at radius 2 is 2.00 bits per heavy atom. The van der Waals surface area contributed by atoms with Crippen molar-refractivity contribution in [3.8, 4) is 0 Å². The third-order valence-corrected chi connectivity index (χ3v) is 3.27. The van der Waals surface area contributed by atoms with E-state index in [2.05, 4.69) is 31.1 Å². The summed E-state index contributed by atoms with van der Waals surface area (Å²) in [5, 5.41) is 12.5. The molecule has 0 heterocycles. The van der Waals surface area contributed by atoms with E-state index in [0.29, 0.717) is 6.42 Å². The van der Waals surface area contributed by atoms with Gasteiger partial charge in [-0.2, -0.15) is 0 Å². The van der Waals surface area contributed by atoms with Crippen LogP contribution in [0.3, 0.4) is 0 Å². The minimum Gasteiger partial charge on any atom is -0.480 e. The second kappa shape index (κ2) is 7.67. The van der Waals surface area contributed by atoms with Crippen LogP contribution < -0.4 is 5.32 Å². The van der Waals surface area contributed by atoms with Crippen molar-refractivity contribution in [2.75, 3.05) is 20.1 Å². The van der Waals surface area contributed by atoms with Crippen molar-refractivity contribution in [2.45, 2.75) is 58.5 Å². The van der Waals surface area contributed by atoms with E-state index in [1.165, 1.54) is 0 Å². The fourth-order valence-corrected chi connectivity index (χ4v) is 1.96. The number of carbonyl (C=O) groups is 1. The smallest absolute Gasteiger partial charge is 0.323 e. The van der Waals surface area contributed by atoms with Crippen LogP contribution in [-0.2, 0) is 4.79 Å². The van der Waals surface area contributed by atoms with Crippen molar-refractivity contribution < 1.29 is 9.90 Å². The number of rotatable bonds is 9. The molecule has 0 radical (unpaired) electrons. The second-order valence-electron chi connectivity index (χ2n) is 5.10. The Labute approximate surface area is 105 Å². The molecular weight excluding hydrogens is 216 g/mol. The first-order chi connectivity index (χ1) is 7.87. The summed E-state index contributed by atoms with van der Waals surface area (Å²) < 4.78 is 0. The molecule has 0 aromatic rings. The van der Waals surface area contributed by atoms with Gasteiger partial charge in [0.25, 0.3) is 0 Å². The number of nitrogens with zero attached hydrogens (tertiary/aromatic N) is 1. The first-order valence-corrected chi connectivity index (χ1v) is 6.56. The van der Waals surface area contributed by atoms with E-state index in [-0.39, 0.29) is 6.04 Å². The third-order valence-electron chi connectivity index (χ3n) is 3.27. The Bertz CT molecular complexity index is 233. The van der Waals surface area contributed by atoms with Gasteiger partial charge >= 0.3 is 5.97 Å². The van der Waals surface area contributed by atoms with Crippen LogP contribution in [0.1, 0.15) is 47.0 Å². The van der Waals surface area contributed by atoms with E-state index < -0.39 is 11.5 Å². The average molecular weight is 244 g/mol. The number of aliphatic carboxylic acids is 1. The van der Waals surface area contributed by atoms with Gasteiger partial charge in [0.1, 0.15) is 5.54 Å². The highest BCUT2D eigenvalue weighted by molar-refractivity contribution is 5.78. The van der Waals surface area contributed by atoms with Gasteiger partial charge in [-0.05, 0) is 53.2 Å². The molecule has 0 saturated carbocycles. The van der Waals surface area contributed by atoms with Gasteiger partial charge in [0.2, 0.25) is 0 Å². The van der Waals surface area contributed by atoms with E-state index in [0.717, 1.165) is 25.9 Å². The Balaban J connectivity index is 4.47. The lowest BCUT2D eigenvalue weighted by molar-refractivity contribution is -0.145. The maximum atomic E-state index is 11.4. The van der Waals surface area contributed by atoms with Crippen molar-refractivity contribution in [1.29, 1.82) is 0 Å². The Hall–Kier alpha value is -0.610. The van der Waals surface area contributed by atoms with E-state index in [1.54, 1.807) is 6.92 Å². The van der Waals surface area contributed by atoms with Gasteiger partial charge in [-0.1, -0.05) is 13.8 Å². The quantitative estimate of drug-likeness (QED) is 0.651. The highest BCUT2D eigenvalue weighted by atomic mass is 16.4. The largest absolute Gasteiger partial charge is 0.480 e. The standard InChI is InChI=1S/C13H28N2O2/c1-6-8-14-13(4,12(16)17)10-11(3)15(5)9-7-2/h11,14H,6-10H2,1-5H3,(H,16,17). The summed E-state index contributed by atoms with van der Waals surface area (Å²) in [6.45, 7) is 9.79. The highest BCUT2D eigenvalue weighted by Crippen LogP contribution is 2.16. The normalized spacial score (nSPS) is 16.8. The van der Waals surface area contributed by atoms with Crippen LogP contribution in [0.4, 0.5) is 0 Å². The molecule has 0 aromatic carbocycles. The molecule has 2 N–H and O–H groups in total. The van der Waals surface area contributed by atoms with Crippen LogP contribution in [0.2, 0.25) is 0 Å². The fraction of sp³-hybridized carbons (Fsp3) is 0.923. The van der Waals surface area contributed by atoms with Gasteiger partial charge in [0.15, 0.2) is 0 Å². The molecule has 0 spiro atoms. The zero-order valence-electron chi connectivity index (χ0n) is 11.9. The number of nitrogens with one attached hydrogen (secondary N) is 1. The van der Waals surface area contributed by atoms with E-state index in [9.17, 15) is 9.90 Å². The maximum absolute atomic E-state index is 11.4. The molecule has 2 atom stereocenters. The van der Waals surface area contributed by atoms with Crippen LogP contribution in [0.5, 0.6) is 0 Å². The molecule has 102 valence electrons. The Kier molecular flexibility index (Phi) is 7.39. The lowest BCUT2D eigenvalue weighted by atomic mass is 9.93. The fourth-order valence-electron chi connectivity index (χ4n) is 1.96. The topological polar surface area (TPSA) is 52.6 Å². The van der Waals surface area contributed by atoms with Crippen LogP contribution in [0, 0.1) is 0 Å². The number of hydrogen-bond acceptors (Lipinski definition) is 3. The van der Waals surface area contributed by atoms with Gasteiger partial charge in [0, 0.05) is 6.04 Å². The molecule has 0 bridgehead atoms. The first-order valence-electron chi connectivity index (χ1n) is 6.56. The van der Waals surface area contributed by atoms with Gasteiger partial charge in [-0.3, -0.25) is 4.79 Å². The van der Waals surface area contributed by atoms with Gasteiger partial charge in [-0.15, -0.1) is 0 Å². The summed E-state index contributed by atoms with van der Waals surface area (Å²) in [5.74, 6) is -0.761. The minimum atomic E-state index is -0.822. The predicted octanol–water partition coefficient (Wildman–Crippen LogP) is 1.95. The number of carboxylic acid groups (broad SMARTS) is 1. The van der Waals surface area contributed by atoms with E-state index in [1.807, 2.05) is 6.92 Å². The van der Waals surface area contributed by atoms with Crippen LogP contribution in [-0.4, -0.2) is 47.7 Å². The van der Waals surface area contributed by atoms with E-state index in [4.69, 9.17) is 0 Å². The summed E-state index contributed by atoms with van der Waals surface area (Å²) in [7, 11) is 2.05. The second-order valence-corrected chi connectivity index (χ2v) is 5.10. The lowest BCUT2D eigenvalue weighted by Gasteiger charge is -2.33. The van der Waals surface area contributed by atoms with Gasteiger partial charge in [-0.25, -0.2) is 0 Å². The van der Waals surface area contributed by atoms with Crippen molar-refractivity contribution in [1.82, 2.24) is 10.2 Å². The van der Waals surface area contributed by atoms with Crippen molar-refractivity contribution in [2.24, 2.45) is 0 Å². The van der Waals surface area contributed by atoms with Crippen molar-refractivity contribution in [3.63, 3.8) is 0 Å². The number of hydrogen-bond donors (Lipinski definition) is 2. The zero-order valence-corrected chi connectivity index (χ0v) is 11.9. The summed E-state index contributed by atoms with van der Waals surface area (Å²) in [4.78, 5) is 13.6. The third kappa shape index (κ3) is 5.50. The molecule has 0 saturated heterocycles. The first kappa shape index (κ1) is 16.4. The van der Waals surface area contributed by atoms with Crippen LogP contribution >= 0.6 is 0 Å². The average Bonchev–Trinajstić information content (AvgIpc) is 2.26. The Morgan fingerprint density at radius 1 is 1.41 bits per heavy atom.